The maximum absolute atomic E-state index is 11.5. The van der Waals surface area contributed by atoms with Crippen molar-refractivity contribution in [3.05, 3.63) is 53.7 Å². The normalized spacial score (nSPS) is 9.71. The van der Waals surface area contributed by atoms with Crippen LogP contribution in [0.1, 0.15) is 0 Å². The molecule has 1 heterocycles. The number of carbonyl (C=O) groups excluding carboxylic acids is 1. The molecule has 0 spiro atoms. The fraction of sp³-hybridized carbons (Fsp3) is 0. The van der Waals surface area contributed by atoms with Gasteiger partial charge in [-0.1, -0.05) is 17.7 Å². The first-order valence-electron chi connectivity index (χ1n) is 4.89. The second kappa shape index (κ2) is 5.32. The lowest BCUT2D eigenvalue weighted by molar-refractivity contribution is 0.213. The van der Waals surface area contributed by atoms with Gasteiger partial charge in [0.05, 0.1) is 0 Å². The lowest BCUT2D eigenvalue weighted by Crippen LogP contribution is -2.17. The molecule has 0 atom stereocenters. The summed E-state index contributed by atoms with van der Waals surface area (Å²) >= 11 is 5.72. The molecule has 86 valence electrons. The van der Waals surface area contributed by atoms with Gasteiger partial charge in [-0.05, 0) is 30.3 Å². The number of hydrogen-bond acceptors (Lipinski definition) is 3. The van der Waals surface area contributed by atoms with Crippen molar-refractivity contribution in [1.82, 2.24) is 4.98 Å². The first kappa shape index (κ1) is 11.4. The number of halogens is 1. The second-order valence-electron chi connectivity index (χ2n) is 3.19. The highest BCUT2D eigenvalue weighted by Gasteiger charge is 2.04. The van der Waals surface area contributed by atoms with Crippen LogP contribution in [0.4, 0.5) is 10.5 Å². The van der Waals surface area contributed by atoms with E-state index in [0.29, 0.717) is 10.7 Å². The van der Waals surface area contributed by atoms with E-state index in [0.717, 1.165) is 0 Å². The molecule has 0 unspecified atom stereocenters. The van der Waals surface area contributed by atoms with E-state index in [4.69, 9.17) is 16.3 Å². The van der Waals surface area contributed by atoms with Crippen molar-refractivity contribution < 1.29 is 9.53 Å². The summed E-state index contributed by atoms with van der Waals surface area (Å²) in [5, 5.41) is 3.16. The summed E-state index contributed by atoms with van der Waals surface area (Å²) in [4.78, 5) is 15.3. The van der Waals surface area contributed by atoms with Crippen molar-refractivity contribution >= 4 is 23.4 Å². The molecule has 1 aromatic carbocycles. The Labute approximate surface area is 103 Å². The maximum atomic E-state index is 11.5. The van der Waals surface area contributed by atoms with E-state index in [-0.39, 0.29) is 5.88 Å². The van der Waals surface area contributed by atoms with E-state index in [1.165, 1.54) is 0 Å². The van der Waals surface area contributed by atoms with Crippen molar-refractivity contribution in [3.63, 3.8) is 0 Å². The summed E-state index contributed by atoms with van der Waals surface area (Å²) in [5.74, 6) is 0.249. The fourth-order valence-electron chi connectivity index (χ4n) is 1.18. The van der Waals surface area contributed by atoms with Crippen LogP contribution in [-0.4, -0.2) is 11.1 Å². The fourth-order valence-corrected chi connectivity index (χ4v) is 1.31. The third kappa shape index (κ3) is 3.46. The Bertz CT molecular complexity index is 500. The van der Waals surface area contributed by atoms with Crippen molar-refractivity contribution in [3.8, 4) is 5.88 Å². The first-order valence-corrected chi connectivity index (χ1v) is 5.27. The zero-order valence-corrected chi connectivity index (χ0v) is 9.52. The smallest absolute Gasteiger partial charge is 0.391 e. The third-order valence-corrected chi connectivity index (χ3v) is 2.18. The number of anilines is 1. The SMILES string of the molecule is O=C(Nc1ccc(Cl)cc1)Oc1ccccn1. The Hall–Kier alpha value is -2.07. The Balaban J connectivity index is 1.96. The Kier molecular flexibility index (Phi) is 3.57. The minimum absolute atomic E-state index is 0.249. The predicted molar refractivity (Wildman–Crippen MR) is 65.3 cm³/mol. The second-order valence-corrected chi connectivity index (χ2v) is 3.63. The van der Waals surface area contributed by atoms with Gasteiger partial charge in [0.25, 0.3) is 0 Å². The van der Waals surface area contributed by atoms with Crippen molar-refractivity contribution in [2.75, 3.05) is 5.32 Å². The molecule has 0 bridgehead atoms. The van der Waals surface area contributed by atoms with Crippen LogP contribution in [0, 0.1) is 0 Å². The summed E-state index contributed by atoms with van der Waals surface area (Å²) in [6, 6.07) is 11.8. The minimum Gasteiger partial charge on any atom is -0.391 e. The molecule has 1 aromatic heterocycles. The van der Waals surface area contributed by atoms with Crippen LogP contribution in [0.3, 0.4) is 0 Å². The van der Waals surface area contributed by atoms with Gasteiger partial charge >= 0.3 is 6.09 Å². The van der Waals surface area contributed by atoms with Crippen molar-refractivity contribution in [2.24, 2.45) is 0 Å². The maximum Gasteiger partial charge on any atom is 0.418 e. The van der Waals surface area contributed by atoms with E-state index in [2.05, 4.69) is 10.3 Å². The summed E-state index contributed by atoms with van der Waals surface area (Å²) < 4.78 is 4.95. The van der Waals surface area contributed by atoms with Gasteiger partial charge in [0.15, 0.2) is 0 Å². The van der Waals surface area contributed by atoms with Crippen LogP contribution in [-0.2, 0) is 0 Å². The molecule has 2 aromatic rings. The molecule has 0 aliphatic heterocycles. The summed E-state index contributed by atoms with van der Waals surface area (Å²) in [6.07, 6.45) is 0.955. The minimum atomic E-state index is -0.592. The first-order chi connectivity index (χ1) is 8.24. The van der Waals surface area contributed by atoms with Crippen LogP contribution in [0.15, 0.2) is 48.7 Å². The standard InChI is InChI=1S/C12H9ClN2O2/c13-9-4-6-10(7-5-9)15-12(16)17-11-3-1-2-8-14-11/h1-8H,(H,15,16). The van der Waals surface area contributed by atoms with Crippen LogP contribution in [0.25, 0.3) is 0 Å². The van der Waals surface area contributed by atoms with E-state index >= 15 is 0 Å². The number of ether oxygens (including phenoxy) is 1. The number of nitrogens with one attached hydrogen (secondary N) is 1. The van der Waals surface area contributed by atoms with Gasteiger partial charge in [-0.2, -0.15) is 0 Å². The van der Waals surface area contributed by atoms with E-state index in [1.54, 1.807) is 48.7 Å². The molecule has 1 N–H and O–H groups in total. The average Bonchev–Trinajstić information content (AvgIpc) is 2.33. The molecule has 0 aliphatic rings. The van der Waals surface area contributed by atoms with Gasteiger partial charge in [0.2, 0.25) is 5.88 Å². The van der Waals surface area contributed by atoms with Gasteiger partial charge in [-0.3, -0.25) is 5.32 Å². The number of hydrogen-bond donors (Lipinski definition) is 1. The van der Waals surface area contributed by atoms with E-state index in [1.807, 2.05) is 0 Å². The number of nitrogens with zero attached hydrogens (tertiary/aromatic N) is 1. The van der Waals surface area contributed by atoms with Crippen molar-refractivity contribution in [2.45, 2.75) is 0 Å². The monoisotopic (exact) mass is 248 g/mol. The summed E-state index contributed by atoms with van der Waals surface area (Å²) in [5.41, 5.74) is 0.607. The van der Waals surface area contributed by atoms with Gasteiger partial charge in [-0.25, -0.2) is 9.78 Å². The number of carbonyl (C=O) groups is 1. The lowest BCUT2D eigenvalue weighted by atomic mass is 10.3. The average molecular weight is 249 g/mol. The molecule has 0 aliphatic carbocycles. The highest BCUT2D eigenvalue weighted by molar-refractivity contribution is 6.30. The van der Waals surface area contributed by atoms with Gasteiger partial charge in [-0.15, -0.1) is 0 Å². The van der Waals surface area contributed by atoms with Gasteiger partial charge in [0.1, 0.15) is 0 Å². The van der Waals surface area contributed by atoms with Crippen LogP contribution >= 0.6 is 11.6 Å². The van der Waals surface area contributed by atoms with Gasteiger partial charge < -0.3 is 4.74 Å². The highest BCUT2D eigenvalue weighted by Crippen LogP contribution is 2.14. The van der Waals surface area contributed by atoms with E-state index < -0.39 is 6.09 Å². The number of amides is 1. The quantitative estimate of drug-likeness (QED) is 0.887. The largest absolute Gasteiger partial charge is 0.418 e. The van der Waals surface area contributed by atoms with Crippen LogP contribution < -0.4 is 10.1 Å². The molecular weight excluding hydrogens is 240 g/mol. The zero-order chi connectivity index (χ0) is 12.1. The number of rotatable bonds is 2. The molecule has 0 saturated heterocycles. The molecule has 0 radical (unpaired) electrons. The Morgan fingerprint density at radius 2 is 1.94 bits per heavy atom. The number of benzene rings is 1. The molecule has 1 amide bonds. The zero-order valence-electron chi connectivity index (χ0n) is 8.76. The molecule has 0 fully saturated rings. The molecule has 17 heavy (non-hydrogen) atoms. The molecule has 2 rings (SSSR count). The van der Waals surface area contributed by atoms with E-state index in [9.17, 15) is 4.79 Å². The molecule has 5 heteroatoms. The summed E-state index contributed by atoms with van der Waals surface area (Å²) in [6.45, 7) is 0. The van der Waals surface area contributed by atoms with Crippen LogP contribution in [0.5, 0.6) is 5.88 Å². The Morgan fingerprint density at radius 3 is 2.59 bits per heavy atom. The third-order valence-electron chi connectivity index (χ3n) is 1.93. The molecule has 4 nitrogen and oxygen atoms in total. The van der Waals surface area contributed by atoms with Gasteiger partial charge in [0, 0.05) is 23.0 Å². The number of aromatic nitrogens is 1. The molecular formula is C12H9ClN2O2. The highest BCUT2D eigenvalue weighted by atomic mass is 35.5. The number of pyridine rings is 1. The predicted octanol–water partition coefficient (Wildman–Crippen LogP) is 3.35. The van der Waals surface area contributed by atoms with Crippen molar-refractivity contribution in [1.29, 1.82) is 0 Å². The topological polar surface area (TPSA) is 51.2 Å². The van der Waals surface area contributed by atoms with Crippen LogP contribution in [0.2, 0.25) is 5.02 Å². The molecule has 0 saturated carbocycles. The summed E-state index contributed by atoms with van der Waals surface area (Å²) in [7, 11) is 0. The Morgan fingerprint density at radius 1 is 1.18 bits per heavy atom. The lowest BCUT2D eigenvalue weighted by Gasteiger charge is -2.05.